The van der Waals surface area contributed by atoms with Crippen molar-refractivity contribution in [3.05, 3.63) is 212 Å². The molecule has 4 heteroatoms. The highest BCUT2D eigenvalue weighted by Gasteiger charge is 2.26. The van der Waals surface area contributed by atoms with Crippen LogP contribution in [0.5, 0.6) is 0 Å². The van der Waals surface area contributed by atoms with Crippen LogP contribution in [0.2, 0.25) is 0 Å². The third-order valence-electron chi connectivity index (χ3n) is 12.9. The van der Waals surface area contributed by atoms with Crippen LogP contribution in [-0.4, -0.2) is 18.7 Å². The summed E-state index contributed by atoms with van der Waals surface area (Å²) in [6.45, 7) is 0. The second-order valence-electron chi connectivity index (χ2n) is 16.3. The Balaban J connectivity index is 1.04. The highest BCUT2D eigenvalue weighted by atomic mass is 15.2. The lowest BCUT2D eigenvalue weighted by molar-refractivity contribution is 0.992. The molecule has 0 aliphatic heterocycles. The minimum atomic E-state index is 0.923. The molecule has 286 valence electrons. The average Bonchev–Trinajstić information content (AvgIpc) is 3.98. The molecule has 0 atom stereocenters. The van der Waals surface area contributed by atoms with E-state index in [4.69, 9.17) is 4.98 Å². The molecule has 1 aliphatic carbocycles. The molecular formula is C57H38N4. The molecule has 9 aromatic carbocycles. The molecule has 0 unspecified atom stereocenters. The van der Waals surface area contributed by atoms with Gasteiger partial charge < -0.3 is 4.57 Å². The van der Waals surface area contributed by atoms with Crippen molar-refractivity contribution < 1.29 is 0 Å². The van der Waals surface area contributed by atoms with Gasteiger partial charge in [-0.1, -0.05) is 152 Å². The lowest BCUT2D eigenvalue weighted by Gasteiger charge is -2.19. The lowest BCUT2D eigenvalue weighted by atomic mass is 9.90. The van der Waals surface area contributed by atoms with Gasteiger partial charge in [-0.15, -0.1) is 0 Å². The van der Waals surface area contributed by atoms with Crippen LogP contribution in [0.15, 0.2) is 206 Å². The summed E-state index contributed by atoms with van der Waals surface area (Å²) in [6.07, 6.45) is 6.61. The van der Waals surface area contributed by atoms with Crippen LogP contribution in [0.25, 0.3) is 110 Å². The van der Waals surface area contributed by atoms with Gasteiger partial charge in [-0.3, -0.25) is 9.13 Å². The van der Waals surface area contributed by atoms with Gasteiger partial charge in [0.25, 0.3) is 0 Å². The number of hydrogen-bond acceptors (Lipinski definition) is 1. The Morgan fingerprint density at radius 3 is 1.54 bits per heavy atom. The number of aromatic nitrogens is 4. The number of hydrogen-bond donors (Lipinski definition) is 0. The van der Waals surface area contributed by atoms with Gasteiger partial charge in [-0.25, -0.2) is 4.98 Å². The zero-order valence-corrected chi connectivity index (χ0v) is 33.3. The Kier molecular flexibility index (Phi) is 7.40. The Labute approximate surface area is 352 Å². The van der Waals surface area contributed by atoms with E-state index in [1.54, 1.807) is 0 Å². The van der Waals surface area contributed by atoms with Crippen molar-refractivity contribution in [1.82, 2.24) is 18.7 Å². The van der Waals surface area contributed by atoms with Gasteiger partial charge in [0.2, 0.25) is 0 Å². The quantitative estimate of drug-likeness (QED) is 0.160. The zero-order valence-electron chi connectivity index (χ0n) is 33.3. The molecular weight excluding hydrogens is 741 g/mol. The molecule has 0 radical (unpaired) electrons. The Morgan fingerprint density at radius 1 is 0.344 bits per heavy atom. The summed E-state index contributed by atoms with van der Waals surface area (Å²) in [5, 5.41) is 11.5. The molecule has 0 saturated carbocycles. The fraction of sp³-hybridized carbons (Fsp3) is 0.0351. The van der Waals surface area contributed by atoms with Crippen molar-refractivity contribution in [1.29, 1.82) is 0 Å². The van der Waals surface area contributed by atoms with Crippen molar-refractivity contribution in [2.75, 3.05) is 0 Å². The Bertz CT molecular complexity index is 3750. The van der Waals surface area contributed by atoms with Crippen molar-refractivity contribution >= 4 is 87.5 Å². The summed E-state index contributed by atoms with van der Waals surface area (Å²) in [6, 6.07) is 70.4. The summed E-state index contributed by atoms with van der Waals surface area (Å²) in [7, 11) is 0. The van der Waals surface area contributed by atoms with Crippen LogP contribution in [-0.2, 0) is 0 Å². The van der Waals surface area contributed by atoms with E-state index in [1.165, 1.54) is 71.0 Å². The first-order valence-corrected chi connectivity index (χ1v) is 21.2. The minimum absolute atomic E-state index is 0.923. The number of nitrogens with zero attached hydrogens (tertiary/aromatic N) is 4. The SMILES string of the molecule is C1=C(c2ccc3c4ccccc4c4ccccc4c3c2)CCC(n2c3ccccc3c3cc4c(cc32)c2c(nc(-c3ccccc3)n2-c2ccccc2)n4-c2ccccc2)=C1. The van der Waals surface area contributed by atoms with Crippen LogP contribution < -0.4 is 0 Å². The molecule has 0 fully saturated rings. The van der Waals surface area contributed by atoms with Crippen LogP contribution >= 0.6 is 0 Å². The van der Waals surface area contributed by atoms with Crippen molar-refractivity contribution in [2.45, 2.75) is 12.8 Å². The molecule has 13 rings (SSSR count). The molecule has 0 saturated heterocycles. The summed E-state index contributed by atoms with van der Waals surface area (Å²) < 4.78 is 7.23. The first kappa shape index (κ1) is 34.0. The van der Waals surface area contributed by atoms with E-state index < -0.39 is 0 Å². The van der Waals surface area contributed by atoms with E-state index in [-0.39, 0.29) is 0 Å². The predicted molar refractivity (Wildman–Crippen MR) is 257 cm³/mol. The molecule has 3 heterocycles. The van der Waals surface area contributed by atoms with Gasteiger partial charge in [0.15, 0.2) is 5.65 Å². The Morgan fingerprint density at radius 2 is 0.885 bits per heavy atom. The van der Waals surface area contributed by atoms with Crippen molar-refractivity contribution in [3.63, 3.8) is 0 Å². The number of rotatable bonds is 5. The number of para-hydroxylation sites is 3. The van der Waals surface area contributed by atoms with Gasteiger partial charge >= 0.3 is 0 Å². The van der Waals surface area contributed by atoms with Crippen LogP contribution in [0.3, 0.4) is 0 Å². The van der Waals surface area contributed by atoms with Gasteiger partial charge in [0, 0.05) is 38.8 Å². The topological polar surface area (TPSA) is 27.7 Å². The molecule has 0 amide bonds. The van der Waals surface area contributed by atoms with E-state index in [0.29, 0.717) is 0 Å². The Hall–Kier alpha value is -7.95. The standard InChI is InChI=1S/C57H38N4/c1-4-16-38(17-5-1)56-58-57-55(61(56)41-20-8-3-9-21-41)51-36-53-50(35-54(51)60(57)40-18-6-2-7-19-40)48-26-14-15-27-52(48)59(53)42-31-28-37(29-32-42)39-30-33-47-45-24-11-10-22-43(45)44-23-12-13-25-46(44)49(47)34-39/h1-28,30-31,33-36H,29,32H2. The predicted octanol–water partition coefficient (Wildman–Crippen LogP) is 14.9. The van der Waals surface area contributed by atoms with Crippen LogP contribution in [0, 0.1) is 0 Å². The van der Waals surface area contributed by atoms with E-state index >= 15 is 0 Å². The monoisotopic (exact) mass is 778 g/mol. The van der Waals surface area contributed by atoms with E-state index in [2.05, 4.69) is 220 Å². The zero-order chi connectivity index (χ0) is 40.0. The fourth-order valence-corrected chi connectivity index (χ4v) is 10.2. The number of allylic oxidation sites excluding steroid dienone is 4. The second-order valence-corrected chi connectivity index (χ2v) is 16.3. The number of fused-ring (bicyclic) bond motifs is 12. The van der Waals surface area contributed by atoms with Crippen molar-refractivity contribution in [3.8, 4) is 22.8 Å². The average molecular weight is 779 g/mol. The lowest BCUT2D eigenvalue weighted by Crippen LogP contribution is -2.01. The minimum Gasteiger partial charge on any atom is -0.313 e. The largest absolute Gasteiger partial charge is 0.313 e. The molecule has 0 bridgehead atoms. The molecule has 1 aliphatic rings. The van der Waals surface area contributed by atoms with Crippen LogP contribution in [0.1, 0.15) is 18.4 Å². The fourth-order valence-electron chi connectivity index (χ4n) is 10.2. The van der Waals surface area contributed by atoms with Crippen molar-refractivity contribution in [2.24, 2.45) is 0 Å². The van der Waals surface area contributed by atoms with Gasteiger partial charge in [-0.2, -0.15) is 0 Å². The highest BCUT2D eigenvalue weighted by Crippen LogP contribution is 2.44. The van der Waals surface area contributed by atoms with Gasteiger partial charge in [-0.05, 0) is 111 Å². The first-order chi connectivity index (χ1) is 30.3. The smallest absolute Gasteiger partial charge is 0.165 e. The third-order valence-corrected chi connectivity index (χ3v) is 12.9. The normalized spacial score (nSPS) is 13.3. The number of benzene rings is 9. The maximum absolute atomic E-state index is 5.51. The molecule has 0 N–H and O–H groups in total. The molecule has 3 aromatic heterocycles. The first-order valence-electron chi connectivity index (χ1n) is 21.2. The van der Waals surface area contributed by atoms with Gasteiger partial charge in [0.05, 0.1) is 16.6 Å². The molecule has 0 spiro atoms. The summed E-state index contributed by atoms with van der Waals surface area (Å²) in [5.74, 6) is 0.923. The van der Waals surface area contributed by atoms with E-state index in [1.807, 2.05) is 0 Å². The molecule has 4 nitrogen and oxygen atoms in total. The number of imidazole rings is 1. The second kappa shape index (κ2) is 13.3. The third kappa shape index (κ3) is 5.09. The summed E-state index contributed by atoms with van der Waals surface area (Å²) >= 11 is 0. The maximum Gasteiger partial charge on any atom is 0.165 e. The molecule has 61 heavy (non-hydrogen) atoms. The van der Waals surface area contributed by atoms with Crippen LogP contribution in [0.4, 0.5) is 0 Å². The summed E-state index contributed by atoms with van der Waals surface area (Å²) in [5.41, 5.74) is 12.8. The molecule has 12 aromatic rings. The van der Waals surface area contributed by atoms with E-state index in [0.717, 1.165) is 57.7 Å². The summed E-state index contributed by atoms with van der Waals surface area (Å²) in [4.78, 5) is 5.51. The van der Waals surface area contributed by atoms with Gasteiger partial charge in [0.1, 0.15) is 11.3 Å². The van der Waals surface area contributed by atoms with E-state index in [9.17, 15) is 0 Å². The highest BCUT2D eigenvalue weighted by molar-refractivity contribution is 6.25. The maximum atomic E-state index is 5.51.